The Kier molecular flexibility index (Phi) is 3.98. The van der Waals surface area contributed by atoms with E-state index in [4.69, 9.17) is 5.84 Å². The fourth-order valence-corrected chi connectivity index (χ4v) is 0.315. The van der Waals surface area contributed by atoms with Crippen molar-refractivity contribution in [3.63, 3.8) is 0 Å². The molecule has 0 aliphatic rings. The van der Waals surface area contributed by atoms with Gasteiger partial charge < -0.3 is 0 Å². The summed E-state index contributed by atoms with van der Waals surface area (Å²) in [4.78, 5) is 0. The number of hydrogen-bond donors (Lipinski definition) is 2. The summed E-state index contributed by atoms with van der Waals surface area (Å²) in [5.74, 6) is 5.31. The maximum Gasteiger partial charge on any atom is 0.0257 e. The molecule has 7 heavy (non-hydrogen) atoms. The SMILES string of the molecule is CCNN(N)CC. The Morgan fingerprint density at radius 1 is 1.57 bits per heavy atom. The largest absolute Gasteiger partial charge is 0.255 e. The molecule has 0 unspecified atom stereocenters. The molecular formula is C4H13N3. The van der Waals surface area contributed by atoms with E-state index >= 15 is 0 Å². The van der Waals surface area contributed by atoms with Crippen LogP contribution >= 0.6 is 0 Å². The lowest BCUT2D eigenvalue weighted by Gasteiger charge is -2.11. The van der Waals surface area contributed by atoms with Crippen LogP contribution in [0, 0.1) is 0 Å². The summed E-state index contributed by atoms with van der Waals surface area (Å²) >= 11 is 0. The Labute approximate surface area is 44.4 Å². The quantitative estimate of drug-likeness (QED) is 0.381. The topological polar surface area (TPSA) is 41.3 Å². The smallest absolute Gasteiger partial charge is 0.0257 e. The van der Waals surface area contributed by atoms with E-state index in [-0.39, 0.29) is 0 Å². The van der Waals surface area contributed by atoms with Gasteiger partial charge in [0.05, 0.1) is 0 Å². The normalized spacial score (nSPS) is 10.3. The van der Waals surface area contributed by atoms with E-state index in [9.17, 15) is 0 Å². The molecule has 0 fully saturated rings. The highest BCUT2D eigenvalue weighted by Gasteiger charge is 1.84. The molecule has 0 aromatic carbocycles. The summed E-state index contributed by atoms with van der Waals surface area (Å²) in [5.41, 5.74) is 2.91. The van der Waals surface area contributed by atoms with Crippen LogP contribution in [0.25, 0.3) is 0 Å². The molecular weight excluding hydrogens is 90.1 g/mol. The van der Waals surface area contributed by atoms with Crippen molar-refractivity contribution < 1.29 is 0 Å². The van der Waals surface area contributed by atoms with E-state index in [0.717, 1.165) is 13.1 Å². The third kappa shape index (κ3) is 3.72. The van der Waals surface area contributed by atoms with Crippen molar-refractivity contribution in [3.8, 4) is 0 Å². The van der Waals surface area contributed by atoms with E-state index in [1.807, 2.05) is 13.8 Å². The second kappa shape index (κ2) is 4.05. The lowest BCUT2D eigenvalue weighted by molar-refractivity contribution is 0.209. The van der Waals surface area contributed by atoms with E-state index in [1.165, 1.54) is 0 Å². The third-order valence-electron chi connectivity index (χ3n) is 0.702. The monoisotopic (exact) mass is 103 g/mol. The Morgan fingerprint density at radius 2 is 2.14 bits per heavy atom. The van der Waals surface area contributed by atoms with Gasteiger partial charge in [-0.3, -0.25) is 5.84 Å². The first kappa shape index (κ1) is 6.88. The molecule has 0 atom stereocenters. The molecule has 0 bridgehead atoms. The van der Waals surface area contributed by atoms with Crippen LogP contribution in [0.5, 0.6) is 0 Å². The minimum Gasteiger partial charge on any atom is -0.255 e. The lowest BCUT2D eigenvalue weighted by Crippen LogP contribution is -2.43. The minimum atomic E-state index is 0.841. The average Bonchev–Trinajstić information content (AvgIpc) is 1.68. The van der Waals surface area contributed by atoms with Gasteiger partial charge in [-0.1, -0.05) is 6.92 Å². The fraction of sp³-hybridized carbons (Fsp3) is 1.00. The van der Waals surface area contributed by atoms with Gasteiger partial charge >= 0.3 is 0 Å². The van der Waals surface area contributed by atoms with Crippen LogP contribution in [0.1, 0.15) is 13.8 Å². The van der Waals surface area contributed by atoms with Crippen molar-refractivity contribution in [2.24, 2.45) is 5.84 Å². The zero-order valence-corrected chi connectivity index (χ0v) is 4.94. The zero-order valence-electron chi connectivity index (χ0n) is 4.94. The molecule has 0 aliphatic carbocycles. The van der Waals surface area contributed by atoms with Crippen LogP contribution in [-0.2, 0) is 0 Å². The molecule has 0 heterocycles. The minimum absolute atomic E-state index is 0.841. The molecule has 0 saturated carbocycles. The van der Waals surface area contributed by atoms with Gasteiger partial charge in [0.2, 0.25) is 0 Å². The first-order valence-corrected chi connectivity index (χ1v) is 2.57. The van der Waals surface area contributed by atoms with Crippen molar-refractivity contribution >= 4 is 0 Å². The molecule has 0 aliphatic heterocycles. The molecule has 3 nitrogen and oxygen atoms in total. The Bertz CT molecular complexity index is 37.9. The molecule has 0 saturated heterocycles. The average molecular weight is 103 g/mol. The van der Waals surface area contributed by atoms with Crippen LogP contribution in [0.15, 0.2) is 0 Å². The maximum atomic E-state index is 5.31. The van der Waals surface area contributed by atoms with E-state index in [0.29, 0.717) is 0 Å². The van der Waals surface area contributed by atoms with E-state index in [1.54, 1.807) is 5.12 Å². The van der Waals surface area contributed by atoms with Crippen molar-refractivity contribution in [1.29, 1.82) is 0 Å². The number of hydrazine groups is 2. The Hall–Kier alpha value is -0.120. The van der Waals surface area contributed by atoms with E-state index < -0.39 is 0 Å². The van der Waals surface area contributed by atoms with Gasteiger partial charge in [-0.15, -0.1) is 0 Å². The van der Waals surface area contributed by atoms with Crippen LogP contribution < -0.4 is 11.3 Å². The van der Waals surface area contributed by atoms with Crippen LogP contribution in [0.2, 0.25) is 0 Å². The molecule has 44 valence electrons. The first-order valence-electron chi connectivity index (χ1n) is 2.57. The highest BCUT2D eigenvalue weighted by Crippen LogP contribution is 1.62. The van der Waals surface area contributed by atoms with Crippen LogP contribution in [0.4, 0.5) is 0 Å². The summed E-state index contributed by atoms with van der Waals surface area (Å²) in [6, 6.07) is 0. The molecule has 0 aromatic heterocycles. The zero-order chi connectivity index (χ0) is 5.70. The van der Waals surface area contributed by atoms with Gasteiger partial charge in [0.25, 0.3) is 0 Å². The number of hydrogen-bond acceptors (Lipinski definition) is 3. The van der Waals surface area contributed by atoms with Crippen molar-refractivity contribution in [3.05, 3.63) is 0 Å². The van der Waals surface area contributed by atoms with E-state index in [2.05, 4.69) is 5.43 Å². The summed E-state index contributed by atoms with van der Waals surface area (Å²) < 4.78 is 0. The molecule has 0 amide bonds. The molecule has 0 spiro atoms. The van der Waals surface area contributed by atoms with Crippen molar-refractivity contribution in [2.45, 2.75) is 13.8 Å². The first-order chi connectivity index (χ1) is 3.31. The number of nitrogens with two attached hydrogens (primary N) is 1. The second-order valence-electron chi connectivity index (χ2n) is 1.30. The predicted molar refractivity (Wildman–Crippen MR) is 30.2 cm³/mol. The number of rotatable bonds is 3. The summed E-state index contributed by atoms with van der Waals surface area (Å²) in [6.45, 7) is 5.73. The Morgan fingerprint density at radius 3 is 2.29 bits per heavy atom. The van der Waals surface area contributed by atoms with Gasteiger partial charge in [-0.25, -0.2) is 5.43 Å². The van der Waals surface area contributed by atoms with Crippen LogP contribution in [0.3, 0.4) is 0 Å². The molecule has 0 aromatic rings. The highest BCUT2D eigenvalue weighted by atomic mass is 15.7. The van der Waals surface area contributed by atoms with Gasteiger partial charge in [-0.05, 0) is 6.92 Å². The summed E-state index contributed by atoms with van der Waals surface area (Å²) in [5, 5.41) is 1.56. The highest BCUT2D eigenvalue weighted by molar-refractivity contribution is 4.29. The van der Waals surface area contributed by atoms with Crippen LogP contribution in [-0.4, -0.2) is 18.2 Å². The maximum absolute atomic E-state index is 5.31. The van der Waals surface area contributed by atoms with Gasteiger partial charge in [0.15, 0.2) is 0 Å². The van der Waals surface area contributed by atoms with Crippen molar-refractivity contribution in [2.75, 3.05) is 13.1 Å². The van der Waals surface area contributed by atoms with Crippen molar-refractivity contribution in [1.82, 2.24) is 10.5 Å². The van der Waals surface area contributed by atoms with Gasteiger partial charge in [0.1, 0.15) is 0 Å². The summed E-state index contributed by atoms with van der Waals surface area (Å²) in [7, 11) is 0. The van der Waals surface area contributed by atoms with Gasteiger partial charge in [0, 0.05) is 13.1 Å². The molecule has 0 rings (SSSR count). The molecule has 3 N–H and O–H groups in total. The lowest BCUT2D eigenvalue weighted by atomic mass is 10.7. The second-order valence-corrected chi connectivity index (χ2v) is 1.30. The molecule has 0 radical (unpaired) electrons. The number of nitrogens with one attached hydrogen (secondary N) is 1. The fourth-order valence-electron chi connectivity index (χ4n) is 0.315. The predicted octanol–water partition coefficient (Wildman–Crippen LogP) is -0.294. The number of nitrogens with zero attached hydrogens (tertiary/aromatic N) is 1. The summed E-state index contributed by atoms with van der Waals surface area (Å²) in [6.07, 6.45) is 0. The standard InChI is InChI=1S/C4H13N3/c1-3-6-7(5)4-2/h6H,3-5H2,1-2H3. The Balaban J connectivity index is 2.83. The van der Waals surface area contributed by atoms with Gasteiger partial charge in [-0.2, -0.15) is 5.12 Å². The molecule has 3 heteroatoms. The third-order valence-corrected chi connectivity index (χ3v) is 0.702.